The second-order valence-electron chi connectivity index (χ2n) is 6.98. The molecule has 0 bridgehead atoms. The fourth-order valence-corrected chi connectivity index (χ4v) is 4.63. The number of piperidine rings is 1. The van der Waals surface area contributed by atoms with E-state index in [1.165, 1.54) is 4.70 Å². The number of phenolic OH excluding ortho intramolecular Hbond substituents is 1. The second-order valence-corrected chi connectivity index (χ2v) is 7.99. The average molecular weight is 400 g/mol. The molecule has 1 aromatic heterocycles. The van der Waals surface area contributed by atoms with Crippen LogP contribution in [0.25, 0.3) is 10.2 Å². The average Bonchev–Trinajstić information content (AvgIpc) is 3.17. The molecule has 28 heavy (non-hydrogen) atoms. The number of rotatable bonds is 6. The number of aromatic nitrogens is 1. The van der Waals surface area contributed by atoms with Gasteiger partial charge in [-0.3, -0.25) is 0 Å². The highest BCUT2D eigenvalue weighted by atomic mass is 32.1. The first kappa shape index (κ1) is 18.8. The van der Waals surface area contributed by atoms with Gasteiger partial charge in [-0.1, -0.05) is 23.5 Å². The lowest BCUT2D eigenvalue weighted by Gasteiger charge is -2.33. The van der Waals surface area contributed by atoms with Crippen molar-refractivity contribution in [1.29, 1.82) is 0 Å². The standard InChI is InChI=1S/C21H25N3O3S/c1-26-17-10-14(11-18(27-2)20(17)25)12-22-15-6-5-9-24(13-15)21-23-16-7-3-4-8-19(16)28-21/h3-4,7-8,10-11,15,22,25H,5-6,9,12-13H2,1-2H3. The van der Waals surface area contributed by atoms with E-state index >= 15 is 0 Å². The van der Waals surface area contributed by atoms with E-state index in [4.69, 9.17) is 14.5 Å². The fraction of sp³-hybridized carbons (Fsp3) is 0.381. The van der Waals surface area contributed by atoms with Crippen LogP contribution in [0.2, 0.25) is 0 Å². The largest absolute Gasteiger partial charge is 0.502 e. The Morgan fingerprint density at radius 2 is 1.96 bits per heavy atom. The molecule has 2 heterocycles. The van der Waals surface area contributed by atoms with E-state index in [9.17, 15) is 5.11 Å². The minimum absolute atomic E-state index is 0.0356. The van der Waals surface area contributed by atoms with Crippen LogP contribution in [-0.4, -0.2) is 43.4 Å². The molecule has 148 valence electrons. The Morgan fingerprint density at radius 1 is 1.21 bits per heavy atom. The van der Waals surface area contributed by atoms with Gasteiger partial charge in [0.1, 0.15) is 0 Å². The van der Waals surface area contributed by atoms with Crippen molar-refractivity contribution in [2.75, 3.05) is 32.2 Å². The first-order chi connectivity index (χ1) is 13.7. The number of benzene rings is 2. The number of nitrogens with one attached hydrogen (secondary N) is 1. The van der Waals surface area contributed by atoms with E-state index in [0.29, 0.717) is 24.1 Å². The first-order valence-corrected chi connectivity index (χ1v) is 10.3. The zero-order valence-electron chi connectivity index (χ0n) is 16.1. The van der Waals surface area contributed by atoms with E-state index < -0.39 is 0 Å². The molecular weight excluding hydrogens is 374 g/mol. The van der Waals surface area contributed by atoms with Gasteiger partial charge in [0.05, 0.1) is 24.4 Å². The molecule has 0 spiro atoms. The summed E-state index contributed by atoms with van der Waals surface area (Å²) in [6, 6.07) is 12.4. The van der Waals surface area contributed by atoms with Crippen molar-refractivity contribution in [1.82, 2.24) is 10.3 Å². The molecule has 1 fully saturated rings. The highest BCUT2D eigenvalue weighted by Gasteiger charge is 2.22. The third-order valence-corrected chi connectivity index (χ3v) is 6.21. The molecule has 2 N–H and O–H groups in total. The van der Waals surface area contributed by atoms with E-state index in [2.05, 4.69) is 28.4 Å². The molecule has 1 unspecified atom stereocenters. The van der Waals surface area contributed by atoms with Gasteiger partial charge >= 0.3 is 0 Å². The molecule has 4 rings (SSSR count). The number of anilines is 1. The van der Waals surface area contributed by atoms with Crippen molar-refractivity contribution in [2.24, 2.45) is 0 Å². The van der Waals surface area contributed by atoms with Crippen LogP contribution in [0, 0.1) is 0 Å². The number of hydrogen-bond acceptors (Lipinski definition) is 7. The number of thiazole rings is 1. The predicted molar refractivity (Wildman–Crippen MR) is 113 cm³/mol. The lowest BCUT2D eigenvalue weighted by atomic mass is 10.1. The Bertz CT molecular complexity index is 901. The van der Waals surface area contributed by atoms with E-state index in [1.54, 1.807) is 25.6 Å². The predicted octanol–water partition coefficient (Wildman–Crippen LogP) is 3.78. The number of methoxy groups -OCH3 is 2. The molecule has 7 heteroatoms. The van der Waals surface area contributed by atoms with Gasteiger partial charge in [-0.2, -0.15) is 0 Å². The lowest BCUT2D eigenvalue weighted by molar-refractivity contribution is 0.338. The Hall–Kier alpha value is -2.51. The molecule has 1 saturated heterocycles. The monoisotopic (exact) mass is 399 g/mol. The summed E-state index contributed by atoms with van der Waals surface area (Å²) in [7, 11) is 3.09. The zero-order valence-corrected chi connectivity index (χ0v) is 17.0. The summed E-state index contributed by atoms with van der Waals surface area (Å²) in [4.78, 5) is 7.18. The number of aromatic hydroxyl groups is 1. The molecule has 0 radical (unpaired) electrons. The Balaban J connectivity index is 1.43. The third kappa shape index (κ3) is 3.86. The smallest absolute Gasteiger partial charge is 0.200 e. The lowest BCUT2D eigenvalue weighted by Crippen LogP contribution is -2.45. The maximum absolute atomic E-state index is 10.1. The van der Waals surface area contributed by atoms with Gasteiger partial charge in [0.15, 0.2) is 16.6 Å². The van der Waals surface area contributed by atoms with E-state index in [0.717, 1.165) is 42.1 Å². The number of fused-ring (bicyclic) bond motifs is 1. The minimum atomic E-state index is 0.0356. The summed E-state index contributed by atoms with van der Waals surface area (Å²) in [5.41, 5.74) is 2.09. The van der Waals surface area contributed by atoms with Crippen LogP contribution < -0.4 is 19.7 Å². The van der Waals surface area contributed by atoms with Gasteiger partial charge in [0.2, 0.25) is 5.75 Å². The van der Waals surface area contributed by atoms with Crippen molar-refractivity contribution in [2.45, 2.75) is 25.4 Å². The quantitative estimate of drug-likeness (QED) is 0.658. The summed E-state index contributed by atoms with van der Waals surface area (Å²) < 4.78 is 11.7. The van der Waals surface area contributed by atoms with Gasteiger partial charge in [0.25, 0.3) is 0 Å². The highest BCUT2D eigenvalue weighted by molar-refractivity contribution is 7.22. The Morgan fingerprint density at radius 3 is 2.68 bits per heavy atom. The molecule has 3 aromatic rings. The van der Waals surface area contributed by atoms with Crippen LogP contribution in [0.1, 0.15) is 18.4 Å². The number of ether oxygens (including phenoxy) is 2. The molecule has 1 aliphatic heterocycles. The third-order valence-electron chi connectivity index (χ3n) is 5.11. The molecule has 0 aliphatic carbocycles. The van der Waals surface area contributed by atoms with E-state index in [-0.39, 0.29) is 5.75 Å². The first-order valence-electron chi connectivity index (χ1n) is 9.45. The second kappa shape index (κ2) is 8.24. The molecular formula is C21H25N3O3S. The van der Waals surface area contributed by atoms with Crippen LogP contribution in [0.3, 0.4) is 0 Å². The summed E-state index contributed by atoms with van der Waals surface area (Å²) in [6.45, 7) is 2.66. The van der Waals surface area contributed by atoms with E-state index in [1.807, 2.05) is 18.2 Å². The van der Waals surface area contributed by atoms with Crippen molar-refractivity contribution in [3.8, 4) is 17.2 Å². The van der Waals surface area contributed by atoms with Gasteiger partial charge < -0.3 is 24.8 Å². The van der Waals surface area contributed by atoms with Crippen molar-refractivity contribution >= 4 is 26.7 Å². The Kier molecular flexibility index (Phi) is 5.54. The van der Waals surface area contributed by atoms with Crippen molar-refractivity contribution < 1.29 is 14.6 Å². The van der Waals surface area contributed by atoms with Gasteiger partial charge in [-0.25, -0.2) is 4.98 Å². The number of phenols is 1. The summed E-state index contributed by atoms with van der Waals surface area (Å²) >= 11 is 1.76. The highest BCUT2D eigenvalue weighted by Crippen LogP contribution is 2.37. The van der Waals surface area contributed by atoms with Crippen LogP contribution in [-0.2, 0) is 6.54 Å². The van der Waals surface area contributed by atoms with Gasteiger partial charge in [0, 0.05) is 25.7 Å². The van der Waals surface area contributed by atoms with Gasteiger partial charge in [-0.05, 0) is 42.7 Å². The van der Waals surface area contributed by atoms with Crippen molar-refractivity contribution in [3.63, 3.8) is 0 Å². The number of para-hydroxylation sites is 1. The molecule has 1 atom stereocenters. The Labute approximate surface area is 168 Å². The maximum atomic E-state index is 10.1. The summed E-state index contributed by atoms with van der Waals surface area (Å²) in [5, 5.41) is 14.8. The van der Waals surface area contributed by atoms with Crippen LogP contribution in [0.4, 0.5) is 5.13 Å². The number of hydrogen-bond donors (Lipinski definition) is 2. The molecule has 2 aromatic carbocycles. The van der Waals surface area contributed by atoms with Gasteiger partial charge in [-0.15, -0.1) is 0 Å². The van der Waals surface area contributed by atoms with Crippen LogP contribution in [0.15, 0.2) is 36.4 Å². The maximum Gasteiger partial charge on any atom is 0.200 e. The minimum Gasteiger partial charge on any atom is -0.502 e. The molecule has 0 saturated carbocycles. The number of nitrogens with zero attached hydrogens (tertiary/aromatic N) is 2. The van der Waals surface area contributed by atoms with Crippen LogP contribution in [0.5, 0.6) is 17.2 Å². The topological polar surface area (TPSA) is 66.9 Å². The molecule has 0 amide bonds. The fourth-order valence-electron chi connectivity index (χ4n) is 3.62. The van der Waals surface area contributed by atoms with Crippen molar-refractivity contribution in [3.05, 3.63) is 42.0 Å². The molecule has 1 aliphatic rings. The normalized spacial score (nSPS) is 17.1. The zero-order chi connectivity index (χ0) is 19.5. The summed E-state index contributed by atoms with van der Waals surface area (Å²) in [5.74, 6) is 0.889. The van der Waals surface area contributed by atoms with Crippen LogP contribution >= 0.6 is 11.3 Å². The molecule has 6 nitrogen and oxygen atoms in total. The SMILES string of the molecule is COc1cc(CNC2CCCN(c3nc4ccccc4s3)C2)cc(OC)c1O. The summed E-state index contributed by atoms with van der Waals surface area (Å²) in [6.07, 6.45) is 2.27.